The molecular weight excluding hydrogens is 661 g/mol. The van der Waals surface area contributed by atoms with E-state index >= 15 is 0 Å². The smallest absolute Gasteiger partial charge is 0.223 e. The SMILES string of the molecule is CCCC(=O)N(CCC)Cc1ncc(-c2ccc(-c3ccc(-c4cnc(CN(CCC)C(=O)CCc5cn(Cc6ccccc6)cn5)[nH]4)cc3)cc2)[nH]1. The number of aromatic amines is 2. The van der Waals surface area contributed by atoms with Crippen LogP contribution in [0.15, 0.2) is 104 Å². The van der Waals surface area contributed by atoms with Gasteiger partial charge in [0.2, 0.25) is 11.8 Å². The fourth-order valence-electron chi connectivity index (χ4n) is 6.53. The maximum Gasteiger partial charge on any atom is 0.223 e. The summed E-state index contributed by atoms with van der Waals surface area (Å²) in [5, 5.41) is 0. The predicted molar refractivity (Wildman–Crippen MR) is 209 cm³/mol. The lowest BCUT2D eigenvalue weighted by Crippen LogP contribution is -2.31. The first-order chi connectivity index (χ1) is 25.9. The van der Waals surface area contributed by atoms with Crippen LogP contribution in [0.25, 0.3) is 33.6 Å². The number of carbonyl (C=O) groups is 2. The van der Waals surface area contributed by atoms with Crippen molar-refractivity contribution in [2.45, 2.75) is 78.9 Å². The molecular formula is C43H50N8O2. The maximum atomic E-state index is 13.3. The van der Waals surface area contributed by atoms with Crippen LogP contribution in [0.3, 0.4) is 0 Å². The number of nitrogens with zero attached hydrogens (tertiary/aromatic N) is 6. The van der Waals surface area contributed by atoms with Gasteiger partial charge in [-0.2, -0.15) is 0 Å². The quantitative estimate of drug-likeness (QED) is 0.0932. The zero-order chi connectivity index (χ0) is 37.0. The summed E-state index contributed by atoms with van der Waals surface area (Å²) in [5.74, 6) is 1.83. The number of H-pyrrole nitrogens is 2. The lowest BCUT2D eigenvalue weighted by molar-refractivity contribution is -0.132. The van der Waals surface area contributed by atoms with E-state index in [-0.39, 0.29) is 11.8 Å². The first-order valence-electron chi connectivity index (χ1n) is 18.8. The average molecular weight is 711 g/mol. The minimum atomic E-state index is 0.100. The van der Waals surface area contributed by atoms with Crippen LogP contribution in [0.5, 0.6) is 0 Å². The van der Waals surface area contributed by atoms with Crippen molar-refractivity contribution < 1.29 is 9.59 Å². The van der Waals surface area contributed by atoms with Gasteiger partial charge in [0.15, 0.2) is 0 Å². The van der Waals surface area contributed by atoms with E-state index in [1.165, 1.54) is 5.56 Å². The Morgan fingerprint density at radius 1 is 0.623 bits per heavy atom. The molecule has 274 valence electrons. The average Bonchev–Trinajstić information content (AvgIpc) is 3.96. The highest BCUT2D eigenvalue weighted by molar-refractivity contribution is 5.77. The highest BCUT2D eigenvalue weighted by Gasteiger charge is 2.17. The third-order valence-corrected chi connectivity index (χ3v) is 9.31. The van der Waals surface area contributed by atoms with E-state index in [1.54, 1.807) is 0 Å². The summed E-state index contributed by atoms with van der Waals surface area (Å²) in [6, 6.07) is 27.1. The normalized spacial score (nSPS) is 11.2. The van der Waals surface area contributed by atoms with E-state index in [1.807, 2.05) is 59.8 Å². The van der Waals surface area contributed by atoms with Crippen LogP contribution < -0.4 is 0 Å². The largest absolute Gasteiger partial charge is 0.341 e. The van der Waals surface area contributed by atoms with Crippen molar-refractivity contribution in [1.29, 1.82) is 0 Å². The molecule has 0 radical (unpaired) electrons. The number of nitrogens with one attached hydrogen (secondary N) is 2. The van der Waals surface area contributed by atoms with Crippen molar-refractivity contribution >= 4 is 11.8 Å². The Balaban J connectivity index is 1.03. The number of rotatable bonds is 18. The van der Waals surface area contributed by atoms with Crippen LogP contribution in [-0.4, -0.2) is 64.2 Å². The standard InChI is InChI=1S/C43H50N8O2/c1-4-10-42(52)50(23-5-2)29-40-44-25-38(47-40)35-17-13-33(14-18-35)34-15-19-36(20-16-34)39-26-45-41(48-39)30-51(24-6-3)43(53)22-21-37-28-49(31-46-37)27-32-11-8-7-9-12-32/h7-9,11-20,25-26,28,31H,4-6,10,21-24,27,29-30H2,1-3H3,(H,44,47)(H,45,48). The van der Waals surface area contributed by atoms with Crippen molar-refractivity contribution in [3.05, 3.63) is 127 Å². The molecule has 10 nitrogen and oxygen atoms in total. The van der Waals surface area contributed by atoms with Crippen molar-refractivity contribution in [2.75, 3.05) is 13.1 Å². The molecule has 0 spiro atoms. The lowest BCUT2D eigenvalue weighted by Gasteiger charge is -2.21. The predicted octanol–water partition coefficient (Wildman–Crippen LogP) is 8.29. The van der Waals surface area contributed by atoms with E-state index in [0.717, 1.165) is 83.3 Å². The Kier molecular flexibility index (Phi) is 12.7. The molecule has 53 heavy (non-hydrogen) atoms. The molecule has 3 aromatic heterocycles. The van der Waals surface area contributed by atoms with Gasteiger partial charge in [0.05, 0.1) is 48.9 Å². The molecule has 3 aromatic carbocycles. The van der Waals surface area contributed by atoms with Gasteiger partial charge in [-0.25, -0.2) is 15.0 Å². The molecule has 0 aliphatic carbocycles. The van der Waals surface area contributed by atoms with Crippen LogP contribution >= 0.6 is 0 Å². The van der Waals surface area contributed by atoms with E-state index in [2.05, 4.69) is 104 Å². The van der Waals surface area contributed by atoms with E-state index in [9.17, 15) is 9.59 Å². The Morgan fingerprint density at radius 2 is 1.13 bits per heavy atom. The number of aryl methyl sites for hydroxylation is 1. The Morgan fingerprint density at radius 3 is 1.64 bits per heavy atom. The van der Waals surface area contributed by atoms with Gasteiger partial charge in [-0.15, -0.1) is 0 Å². The highest BCUT2D eigenvalue weighted by atomic mass is 16.2. The lowest BCUT2D eigenvalue weighted by atomic mass is 10.0. The summed E-state index contributed by atoms with van der Waals surface area (Å²) in [7, 11) is 0. The summed E-state index contributed by atoms with van der Waals surface area (Å²) < 4.78 is 2.06. The summed E-state index contributed by atoms with van der Waals surface area (Å²) in [6.07, 6.45) is 11.7. The summed E-state index contributed by atoms with van der Waals surface area (Å²) >= 11 is 0. The summed E-state index contributed by atoms with van der Waals surface area (Å²) in [5.41, 5.74) is 8.28. The summed E-state index contributed by atoms with van der Waals surface area (Å²) in [4.78, 5) is 50.2. The molecule has 6 aromatic rings. The van der Waals surface area contributed by atoms with Gasteiger partial charge in [-0.3, -0.25) is 9.59 Å². The zero-order valence-electron chi connectivity index (χ0n) is 31.1. The molecule has 10 heteroatoms. The van der Waals surface area contributed by atoms with Crippen LogP contribution in [-0.2, 0) is 35.6 Å². The second-order valence-electron chi connectivity index (χ2n) is 13.5. The third-order valence-electron chi connectivity index (χ3n) is 9.31. The number of benzene rings is 3. The van der Waals surface area contributed by atoms with Gasteiger partial charge in [-0.05, 0) is 53.5 Å². The fraction of sp³-hybridized carbons (Fsp3) is 0.326. The molecule has 0 aliphatic heterocycles. The number of hydrogen-bond acceptors (Lipinski definition) is 5. The van der Waals surface area contributed by atoms with E-state index < -0.39 is 0 Å². The third kappa shape index (κ3) is 9.97. The molecule has 0 unspecified atom stereocenters. The molecule has 6 rings (SSSR count). The van der Waals surface area contributed by atoms with Crippen LogP contribution in [0.4, 0.5) is 0 Å². The second kappa shape index (κ2) is 18.1. The molecule has 3 heterocycles. The molecule has 2 N–H and O–H groups in total. The van der Waals surface area contributed by atoms with Crippen LogP contribution in [0.1, 0.15) is 75.8 Å². The monoisotopic (exact) mass is 710 g/mol. The van der Waals surface area contributed by atoms with Gasteiger partial charge in [-0.1, -0.05) is 99.6 Å². The molecule has 0 fully saturated rings. The number of carbonyl (C=O) groups excluding carboxylic acids is 2. The van der Waals surface area contributed by atoms with Crippen molar-refractivity contribution in [3.8, 4) is 33.6 Å². The number of aromatic nitrogens is 6. The van der Waals surface area contributed by atoms with Crippen molar-refractivity contribution in [1.82, 2.24) is 39.3 Å². The van der Waals surface area contributed by atoms with Crippen LogP contribution in [0.2, 0.25) is 0 Å². The minimum absolute atomic E-state index is 0.100. The number of imidazole rings is 3. The Labute approximate surface area is 312 Å². The molecule has 0 saturated heterocycles. The minimum Gasteiger partial charge on any atom is -0.341 e. The summed E-state index contributed by atoms with van der Waals surface area (Å²) in [6.45, 7) is 9.29. The topological polar surface area (TPSA) is 116 Å². The van der Waals surface area contributed by atoms with E-state index in [0.29, 0.717) is 38.9 Å². The molecule has 0 bridgehead atoms. The van der Waals surface area contributed by atoms with Gasteiger partial charge in [0.1, 0.15) is 11.6 Å². The van der Waals surface area contributed by atoms with Crippen molar-refractivity contribution in [2.24, 2.45) is 0 Å². The zero-order valence-corrected chi connectivity index (χ0v) is 31.1. The Hall–Kier alpha value is -5.77. The first-order valence-corrected chi connectivity index (χ1v) is 18.8. The van der Waals surface area contributed by atoms with Crippen LogP contribution in [0, 0.1) is 0 Å². The Bertz CT molecular complexity index is 2040. The molecule has 0 aliphatic rings. The van der Waals surface area contributed by atoms with E-state index in [4.69, 9.17) is 0 Å². The fourth-order valence-corrected chi connectivity index (χ4v) is 6.53. The second-order valence-corrected chi connectivity index (χ2v) is 13.5. The van der Waals surface area contributed by atoms with Gasteiger partial charge >= 0.3 is 0 Å². The number of hydrogen-bond donors (Lipinski definition) is 2. The molecule has 2 amide bonds. The van der Waals surface area contributed by atoms with Gasteiger partial charge < -0.3 is 24.3 Å². The molecule has 0 saturated carbocycles. The molecule has 0 atom stereocenters. The highest BCUT2D eigenvalue weighted by Crippen LogP contribution is 2.27. The van der Waals surface area contributed by atoms with Gasteiger partial charge in [0, 0.05) is 38.7 Å². The van der Waals surface area contributed by atoms with Crippen molar-refractivity contribution in [3.63, 3.8) is 0 Å². The maximum absolute atomic E-state index is 13.3. The number of amides is 2. The first kappa shape index (κ1) is 37.0. The van der Waals surface area contributed by atoms with Gasteiger partial charge in [0.25, 0.3) is 0 Å².